The number of fused-ring (bicyclic) bond motifs is 1. The van der Waals surface area contributed by atoms with Crippen molar-refractivity contribution in [2.45, 2.75) is 19.9 Å². The molecule has 138 valence electrons. The van der Waals surface area contributed by atoms with Crippen molar-refractivity contribution in [3.8, 4) is 0 Å². The lowest BCUT2D eigenvalue weighted by Gasteiger charge is -2.02. The number of hydrogen-bond donors (Lipinski definition) is 0. The van der Waals surface area contributed by atoms with E-state index in [4.69, 9.17) is 11.6 Å². The van der Waals surface area contributed by atoms with Crippen molar-refractivity contribution in [2.24, 2.45) is 4.99 Å². The molecule has 0 N–H and O–H groups in total. The van der Waals surface area contributed by atoms with Crippen LogP contribution in [-0.4, -0.2) is 15.4 Å². The first kappa shape index (κ1) is 19.0. The summed E-state index contributed by atoms with van der Waals surface area (Å²) in [6.07, 6.45) is 3.85. The first-order valence-corrected chi connectivity index (χ1v) is 9.47. The summed E-state index contributed by atoms with van der Waals surface area (Å²) in [7, 11) is 0. The van der Waals surface area contributed by atoms with Crippen molar-refractivity contribution in [3.63, 3.8) is 0 Å². The van der Waals surface area contributed by atoms with E-state index in [1.54, 1.807) is 18.2 Å². The number of aromatic nitrogens is 1. The zero-order valence-corrected chi connectivity index (χ0v) is 16.0. The number of halogens is 1. The van der Waals surface area contributed by atoms with Gasteiger partial charge in [0.25, 0.3) is 11.6 Å². The summed E-state index contributed by atoms with van der Waals surface area (Å²) >= 11 is 7.47. The van der Waals surface area contributed by atoms with Crippen LogP contribution in [0.3, 0.4) is 0 Å². The number of carbonyl (C=O) groups is 1. The molecule has 0 aliphatic rings. The van der Waals surface area contributed by atoms with Crippen LogP contribution >= 0.6 is 22.9 Å². The van der Waals surface area contributed by atoms with Gasteiger partial charge in [-0.1, -0.05) is 29.9 Å². The van der Waals surface area contributed by atoms with E-state index in [2.05, 4.69) is 11.9 Å². The van der Waals surface area contributed by atoms with Gasteiger partial charge in [-0.25, -0.2) is 0 Å². The number of thiazole rings is 1. The number of aryl methyl sites for hydroxylation is 1. The highest BCUT2D eigenvalue weighted by Crippen LogP contribution is 2.22. The molecule has 0 bridgehead atoms. The van der Waals surface area contributed by atoms with Crippen molar-refractivity contribution in [1.29, 1.82) is 0 Å². The quantitative estimate of drug-likeness (QED) is 0.349. The van der Waals surface area contributed by atoms with Gasteiger partial charge in [0.2, 0.25) is 0 Å². The Morgan fingerprint density at radius 1 is 1.30 bits per heavy atom. The highest BCUT2D eigenvalue weighted by molar-refractivity contribution is 7.16. The molecule has 0 saturated carbocycles. The summed E-state index contributed by atoms with van der Waals surface area (Å²) in [6.45, 7) is 2.81. The molecule has 8 heteroatoms. The molecule has 2 aromatic carbocycles. The number of nitro groups is 1. The minimum absolute atomic E-state index is 0.00714. The SMILES string of the molecule is CCCn1c(=NC(=O)/C=C/c2ccc([N+](=O)[O-])cc2)sc2cc(Cl)ccc21. The molecular formula is C19H16ClN3O3S. The Morgan fingerprint density at radius 3 is 2.70 bits per heavy atom. The molecule has 1 amide bonds. The molecule has 0 fully saturated rings. The van der Waals surface area contributed by atoms with Crippen LogP contribution < -0.4 is 4.80 Å². The van der Waals surface area contributed by atoms with Gasteiger partial charge >= 0.3 is 0 Å². The average molecular weight is 402 g/mol. The third-order valence-electron chi connectivity index (χ3n) is 3.82. The van der Waals surface area contributed by atoms with Crippen LogP contribution in [-0.2, 0) is 11.3 Å². The van der Waals surface area contributed by atoms with E-state index in [0.717, 1.165) is 23.2 Å². The Balaban J connectivity index is 1.90. The van der Waals surface area contributed by atoms with Crippen LogP contribution in [0.15, 0.2) is 53.5 Å². The number of nitrogens with zero attached hydrogens (tertiary/aromatic N) is 3. The van der Waals surface area contributed by atoms with Crippen LogP contribution in [0.2, 0.25) is 5.02 Å². The first-order valence-electron chi connectivity index (χ1n) is 8.28. The molecule has 0 spiro atoms. The standard InChI is InChI=1S/C19H16ClN3O3S/c1-2-11-22-16-9-6-14(20)12-17(16)27-19(22)21-18(24)10-5-13-3-7-15(8-4-13)23(25)26/h3-10,12H,2,11H2,1H3/b10-5+,21-19?. The van der Waals surface area contributed by atoms with E-state index in [9.17, 15) is 14.9 Å². The van der Waals surface area contributed by atoms with Gasteiger partial charge in [-0.2, -0.15) is 4.99 Å². The number of amides is 1. The number of rotatable bonds is 5. The second kappa shape index (κ2) is 8.28. The lowest BCUT2D eigenvalue weighted by Crippen LogP contribution is -2.16. The molecule has 0 aliphatic heterocycles. The molecular weight excluding hydrogens is 386 g/mol. The minimum Gasteiger partial charge on any atom is -0.316 e. The van der Waals surface area contributed by atoms with Gasteiger partial charge in [0.15, 0.2) is 4.80 Å². The topological polar surface area (TPSA) is 77.5 Å². The van der Waals surface area contributed by atoms with E-state index in [1.807, 2.05) is 22.8 Å². The summed E-state index contributed by atoms with van der Waals surface area (Å²) in [6, 6.07) is 11.6. The molecule has 0 saturated heterocycles. The van der Waals surface area contributed by atoms with Crippen LogP contribution in [0.5, 0.6) is 0 Å². The second-order valence-electron chi connectivity index (χ2n) is 5.78. The zero-order chi connectivity index (χ0) is 19.4. The normalized spacial score (nSPS) is 12.1. The summed E-state index contributed by atoms with van der Waals surface area (Å²) in [5.41, 5.74) is 1.69. The number of carbonyl (C=O) groups excluding carboxylic acids is 1. The molecule has 6 nitrogen and oxygen atoms in total. The van der Waals surface area contributed by atoms with Gasteiger partial charge in [0.1, 0.15) is 0 Å². The van der Waals surface area contributed by atoms with Crippen molar-refractivity contribution in [2.75, 3.05) is 0 Å². The Morgan fingerprint density at radius 2 is 2.04 bits per heavy atom. The predicted octanol–water partition coefficient (Wildman–Crippen LogP) is 4.82. The molecule has 27 heavy (non-hydrogen) atoms. The number of non-ortho nitro benzene ring substituents is 1. The van der Waals surface area contributed by atoms with Crippen LogP contribution in [0.4, 0.5) is 5.69 Å². The smallest absolute Gasteiger partial charge is 0.272 e. The van der Waals surface area contributed by atoms with Gasteiger partial charge in [-0.3, -0.25) is 14.9 Å². The van der Waals surface area contributed by atoms with Gasteiger partial charge in [-0.05, 0) is 48.4 Å². The maximum absolute atomic E-state index is 12.3. The predicted molar refractivity (Wildman–Crippen MR) is 108 cm³/mol. The third kappa shape index (κ3) is 4.50. The minimum atomic E-state index is -0.464. The Hall–Kier alpha value is -2.77. The van der Waals surface area contributed by atoms with E-state index >= 15 is 0 Å². The monoisotopic (exact) mass is 401 g/mol. The first-order chi connectivity index (χ1) is 13.0. The summed E-state index contributed by atoms with van der Waals surface area (Å²) < 4.78 is 2.98. The fourth-order valence-electron chi connectivity index (χ4n) is 2.58. The number of hydrogen-bond acceptors (Lipinski definition) is 4. The van der Waals surface area contributed by atoms with Gasteiger partial charge in [-0.15, -0.1) is 0 Å². The van der Waals surface area contributed by atoms with Gasteiger partial charge in [0.05, 0.1) is 15.1 Å². The highest BCUT2D eigenvalue weighted by Gasteiger charge is 2.07. The van der Waals surface area contributed by atoms with E-state index in [0.29, 0.717) is 15.4 Å². The van der Waals surface area contributed by atoms with Crippen molar-refractivity contribution in [3.05, 3.63) is 74.0 Å². The van der Waals surface area contributed by atoms with Crippen molar-refractivity contribution in [1.82, 2.24) is 4.57 Å². The summed E-state index contributed by atoms with van der Waals surface area (Å²) in [5, 5.41) is 11.3. The highest BCUT2D eigenvalue weighted by atomic mass is 35.5. The Bertz CT molecular complexity index is 1100. The zero-order valence-electron chi connectivity index (χ0n) is 14.5. The Labute approximate surface area is 164 Å². The van der Waals surface area contributed by atoms with E-state index in [1.165, 1.54) is 29.5 Å². The lowest BCUT2D eigenvalue weighted by atomic mass is 10.2. The summed E-state index contributed by atoms with van der Waals surface area (Å²) in [4.78, 5) is 27.3. The Kier molecular flexibility index (Phi) is 5.83. The van der Waals surface area contributed by atoms with Crippen LogP contribution in [0.1, 0.15) is 18.9 Å². The molecule has 1 aromatic heterocycles. The number of benzene rings is 2. The maximum atomic E-state index is 12.3. The molecule has 0 aliphatic carbocycles. The summed E-state index contributed by atoms with van der Waals surface area (Å²) in [5.74, 6) is -0.393. The van der Waals surface area contributed by atoms with Crippen molar-refractivity contribution < 1.29 is 9.72 Å². The van der Waals surface area contributed by atoms with E-state index < -0.39 is 10.8 Å². The van der Waals surface area contributed by atoms with Crippen LogP contribution in [0.25, 0.3) is 16.3 Å². The molecule has 0 atom stereocenters. The molecule has 0 radical (unpaired) electrons. The molecule has 1 heterocycles. The van der Waals surface area contributed by atoms with E-state index in [-0.39, 0.29) is 5.69 Å². The fourth-order valence-corrected chi connectivity index (χ4v) is 3.92. The molecule has 3 aromatic rings. The molecule has 3 rings (SSSR count). The third-order valence-corrected chi connectivity index (χ3v) is 5.10. The van der Waals surface area contributed by atoms with Crippen LogP contribution in [0, 0.1) is 10.1 Å². The fraction of sp³-hybridized carbons (Fsp3) is 0.158. The van der Waals surface area contributed by atoms with Gasteiger partial charge in [0, 0.05) is 29.8 Å². The maximum Gasteiger partial charge on any atom is 0.272 e. The lowest BCUT2D eigenvalue weighted by molar-refractivity contribution is -0.384. The largest absolute Gasteiger partial charge is 0.316 e. The average Bonchev–Trinajstić information content (AvgIpc) is 2.97. The number of nitro benzene ring substituents is 1. The second-order valence-corrected chi connectivity index (χ2v) is 7.23. The van der Waals surface area contributed by atoms with Gasteiger partial charge < -0.3 is 4.57 Å². The molecule has 0 unspecified atom stereocenters. The van der Waals surface area contributed by atoms with Crippen molar-refractivity contribution >= 4 is 50.8 Å².